The van der Waals surface area contributed by atoms with Crippen molar-refractivity contribution >= 4 is 17.6 Å². The molecule has 4 aromatic heterocycles. The molecule has 0 aliphatic rings. The van der Waals surface area contributed by atoms with Crippen molar-refractivity contribution in [1.29, 1.82) is 0 Å². The highest BCUT2D eigenvalue weighted by atomic mass is 35.5. The minimum atomic E-state index is -0.602. The SMILES string of the molecule is Cc1cc(C)n(-c2ccc(Cl)c(C(=O)OCCCc3nc(-c4cccnc4)no3)n2)n1. The van der Waals surface area contributed by atoms with E-state index in [-0.39, 0.29) is 17.3 Å². The molecule has 4 rings (SSSR count). The van der Waals surface area contributed by atoms with Gasteiger partial charge in [-0.05, 0) is 50.6 Å². The third kappa shape index (κ3) is 4.77. The van der Waals surface area contributed by atoms with Gasteiger partial charge in [0.2, 0.25) is 11.7 Å². The zero-order valence-electron chi connectivity index (χ0n) is 16.9. The summed E-state index contributed by atoms with van der Waals surface area (Å²) in [6, 6.07) is 8.88. The van der Waals surface area contributed by atoms with Crippen molar-refractivity contribution in [3.63, 3.8) is 0 Å². The Morgan fingerprint density at radius 1 is 1.23 bits per heavy atom. The highest BCUT2D eigenvalue weighted by Gasteiger charge is 2.17. The van der Waals surface area contributed by atoms with Crippen LogP contribution in [0.15, 0.2) is 47.2 Å². The van der Waals surface area contributed by atoms with Crippen LogP contribution in [0.3, 0.4) is 0 Å². The molecule has 0 saturated carbocycles. The van der Waals surface area contributed by atoms with Crippen molar-refractivity contribution in [3.8, 4) is 17.2 Å². The zero-order chi connectivity index (χ0) is 21.8. The second kappa shape index (κ2) is 9.05. The number of carbonyl (C=O) groups is 1. The van der Waals surface area contributed by atoms with Crippen molar-refractivity contribution in [2.24, 2.45) is 0 Å². The Morgan fingerprint density at radius 3 is 2.84 bits per heavy atom. The first-order chi connectivity index (χ1) is 15.0. The van der Waals surface area contributed by atoms with Crippen LogP contribution in [0, 0.1) is 13.8 Å². The topological polar surface area (TPSA) is 109 Å². The van der Waals surface area contributed by atoms with Crippen molar-refractivity contribution in [3.05, 3.63) is 70.7 Å². The molecule has 31 heavy (non-hydrogen) atoms. The number of ether oxygens (including phenoxy) is 1. The summed E-state index contributed by atoms with van der Waals surface area (Å²) in [5.41, 5.74) is 2.57. The fourth-order valence-corrected chi connectivity index (χ4v) is 3.16. The fourth-order valence-electron chi connectivity index (χ4n) is 2.98. The van der Waals surface area contributed by atoms with Crippen LogP contribution in [-0.4, -0.2) is 42.5 Å². The van der Waals surface area contributed by atoms with Gasteiger partial charge in [0.1, 0.15) is 0 Å². The van der Waals surface area contributed by atoms with Gasteiger partial charge in [-0.3, -0.25) is 4.98 Å². The molecule has 9 nitrogen and oxygen atoms in total. The summed E-state index contributed by atoms with van der Waals surface area (Å²) in [7, 11) is 0. The van der Waals surface area contributed by atoms with Gasteiger partial charge in [0.15, 0.2) is 11.5 Å². The lowest BCUT2D eigenvalue weighted by atomic mass is 10.3. The Balaban J connectivity index is 1.35. The first-order valence-electron chi connectivity index (χ1n) is 9.61. The molecule has 158 valence electrons. The molecular weight excluding hydrogens is 420 g/mol. The highest BCUT2D eigenvalue weighted by molar-refractivity contribution is 6.33. The highest BCUT2D eigenvalue weighted by Crippen LogP contribution is 2.19. The summed E-state index contributed by atoms with van der Waals surface area (Å²) in [4.78, 5) is 25.2. The maximum atomic E-state index is 12.5. The standard InChI is InChI=1S/C21H19ClN6O3/c1-13-11-14(2)28(26-13)17-8-7-16(22)19(24-17)21(29)30-10-4-6-18-25-20(27-31-18)15-5-3-9-23-12-15/h3,5,7-9,11-12H,4,6,10H2,1-2H3. The number of aromatic nitrogens is 6. The molecule has 0 spiro atoms. The van der Waals surface area contributed by atoms with E-state index >= 15 is 0 Å². The number of hydrogen-bond acceptors (Lipinski definition) is 8. The molecule has 10 heteroatoms. The monoisotopic (exact) mass is 438 g/mol. The number of aryl methyl sites for hydroxylation is 3. The Labute approximate surface area is 183 Å². The Morgan fingerprint density at radius 2 is 2.10 bits per heavy atom. The largest absolute Gasteiger partial charge is 0.461 e. The van der Waals surface area contributed by atoms with E-state index in [0.29, 0.717) is 30.4 Å². The van der Waals surface area contributed by atoms with E-state index in [0.717, 1.165) is 17.0 Å². The van der Waals surface area contributed by atoms with Crippen LogP contribution in [0.4, 0.5) is 0 Å². The van der Waals surface area contributed by atoms with Crippen molar-refractivity contribution in [2.75, 3.05) is 6.61 Å². The third-order valence-electron chi connectivity index (χ3n) is 4.41. The quantitative estimate of drug-likeness (QED) is 0.317. The molecule has 0 radical (unpaired) electrons. The van der Waals surface area contributed by atoms with Crippen molar-refractivity contribution in [2.45, 2.75) is 26.7 Å². The second-order valence-electron chi connectivity index (χ2n) is 6.83. The molecule has 0 bridgehead atoms. The van der Waals surface area contributed by atoms with Crippen LogP contribution >= 0.6 is 11.6 Å². The molecule has 0 saturated heterocycles. The lowest BCUT2D eigenvalue weighted by molar-refractivity contribution is 0.0491. The normalized spacial score (nSPS) is 10.9. The average Bonchev–Trinajstić information content (AvgIpc) is 3.38. The average molecular weight is 439 g/mol. The van der Waals surface area contributed by atoms with E-state index in [1.54, 1.807) is 35.3 Å². The lowest BCUT2D eigenvalue weighted by Crippen LogP contribution is -2.12. The number of esters is 1. The van der Waals surface area contributed by atoms with Gasteiger partial charge in [-0.2, -0.15) is 10.1 Å². The lowest BCUT2D eigenvalue weighted by Gasteiger charge is -2.08. The maximum Gasteiger partial charge on any atom is 0.358 e. The van der Waals surface area contributed by atoms with Gasteiger partial charge in [-0.1, -0.05) is 16.8 Å². The summed E-state index contributed by atoms with van der Waals surface area (Å²) in [5.74, 6) is 0.820. The summed E-state index contributed by atoms with van der Waals surface area (Å²) in [6.07, 6.45) is 4.31. The van der Waals surface area contributed by atoms with Crippen LogP contribution in [0.5, 0.6) is 0 Å². The van der Waals surface area contributed by atoms with Crippen LogP contribution in [0.2, 0.25) is 5.02 Å². The molecule has 0 aliphatic carbocycles. The van der Waals surface area contributed by atoms with Gasteiger partial charge >= 0.3 is 5.97 Å². The van der Waals surface area contributed by atoms with Crippen LogP contribution in [0.25, 0.3) is 17.2 Å². The second-order valence-corrected chi connectivity index (χ2v) is 7.24. The smallest absolute Gasteiger partial charge is 0.358 e. The summed E-state index contributed by atoms with van der Waals surface area (Å²) in [5, 5.41) is 8.53. The number of rotatable bonds is 7. The molecule has 0 N–H and O–H groups in total. The molecule has 0 fully saturated rings. The predicted molar refractivity (Wildman–Crippen MR) is 112 cm³/mol. The molecule has 0 aromatic carbocycles. The number of nitrogens with zero attached hydrogens (tertiary/aromatic N) is 6. The van der Waals surface area contributed by atoms with Crippen molar-refractivity contribution in [1.82, 2.24) is 29.9 Å². The molecule has 4 heterocycles. The summed E-state index contributed by atoms with van der Waals surface area (Å²) < 4.78 is 12.2. The van der Waals surface area contributed by atoms with E-state index in [1.807, 2.05) is 26.0 Å². The molecule has 4 aromatic rings. The van der Waals surface area contributed by atoms with E-state index in [9.17, 15) is 4.79 Å². The van der Waals surface area contributed by atoms with Crippen LogP contribution in [-0.2, 0) is 11.2 Å². The third-order valence-corrected chi connectivity index (χ3v) is 4.71. The van der Waals surface area contributed by atoms with Gasteiger partial charge < -0.3 is 9.26 Å². The molecular formula is C21H19ClN6O3. The van der Waals surface area contributed by atoms with Gasteiger partial charge in [0.25, 0.3) is 0 Å². The van der Waals surface area contributed by atoms with Crippen LogP contribution < -0.4 is 0 Å². The van der Waals surface area contributed by atoms with E-state index in [2.05, 4.69) is 25.2 Å². The van der Waals surface area contributed by atoms with Gasteiger partial charge in [0, 0.05) is 30.1 Å². The fraction of sp³-hybridized carbons (Fsp3) is 0.238. The molecule has 0 atom stereocenters. The van der Waals surface area contributed by atoms with Gasteiger partial charge in [0.05, 0.1) is 17.3 Å². The molecule has 0 aliphatic heterocycles. The summed E-state index contributed by atoms with van der Waals surface area (Å²) >= 11 is 6.16. The van der Waals surface area contributed by atoms with Crippen LogP contribution in [0.1, 0.15) is 34.2 Å². The van der Waals surface area contributed by atoms with E-state index in [1.165, 1.54) is 0 Å². The zero-order valence-corrected chi connectivity index (χ0v) is 17.7. The molecule has 0 unspecified atom stereocenters. The predicted octanol–water partition coefficient (Wildman–Crippen LogP) is 3.77. The van der Waals surface area contributed by atoms with E-state index in [4.69, 9.17) is 20.9 Å². The Hall–Kier alpha value is -3.59. The number of hydrogen-bond donors (Lipinski definition) is 0. The molecule has 0 amide bonds. The van der Waals surface area contributed by atoms with Crippen molar-refractivity contribution < 1.29 is 14.1 Å². The first kappa shape index (κ1) is 20.7. The van der Waals surface area contributed by atoms with E-state index < -0.39 is 5.97 Å². The van der Waals surface area contributed by atoms with Gasteiger partial charge in [-0.25, -0.2) is 14.5 Å². The maximum absolute atomic E-state index is 12.5. The minimum absolute atomic E-state index is 0.0448. The number of halogens is 1. The number of pyridine rings is 2. The Kier molecular flexibility index (Phi) is 6.03. The Bertz CT molecular complexity index is 1210. The minimum Gasteiger partial charge on any atom is -0.461 e. The summed E-state index contributed by atoms with van der Waals surface area (Å²) in [6.45, 7) is 3.95. The number of carbonyl (C=O) groups excluding carboxylic acids is 1. The van der Waals surface area contributed by atoms with Gasteiger partial charge in [-0.15, -0.1) is 0 Å². The first-order valence-corrected chi connectivity index (χ1v) is 9.99.